The molecular weight excluding hydrogens is 216 g/mol. The van der Waals surface area contributed by atoms with Crippen LogP contribution in [0.4, 0.5) is 11.4 Å². The Morgan fingerprint density at radius 1 is 1.41 bits per heavy atom. The minimum absolute atomic E-state index is 0.0910. The lowest BCUT2D eigenvalue weighted by Crippen LogP contribution is -2.31. The molecule has 1 aliphatic rings. The highest BCUT2D eigenvalue weighted by Crippen LogP contribution is 2.33. The van der Waals surface area contributed by atoms with Crippen molar-refractivity contribution < 1.29 is 9.53 Å². The third-order valence-electron chi connectivity index (χ3n) is 3.29. The fourth-order valence-corrected chi connectivity index (χ4v) is 2.43. The molecule has 0 radical (unpaired) electrons. The largest absolute Gasteiger partial charge is 0.495 e. The van der Waals surface area contributed by atoms with E-state index in [0.29, 0.717) is 11.4 Å². The number of hydrogen-bond acceptors (Lipinski definition) is 3. The fraction of sp³-hybridized carbons (Fsp3) is 0.462. The van der Waals surface area contributed by atoms with Gasteiger partial charge in [0.15, 0.2) is 0 Å². The van der Waals surface area contributed by atoms with Crippen molar-refractivity contribution in [1.82, 2.24) is 0 Å². The van der Waals surface area contributed by atoms with Crippen LogP contribution in [0.1, 0.15) is 20.3 Å². The summed E-state index contributed by atoms with van der Waals surface area (Å²) in [6.45, 7) is 4.02. The van der Waals surface area contributed by atoms with E-state index in [9.17, 15) is 4.79 Å². The molecular formula is C13H18N2O2. The minimum atomic E-state index is 0.0910. The van der Waals surface area contributed by atoms with Gasteiger partial charge in [-0.15, -0.1) is 0 Å². The molecule has 2 N–H and O–H groups in total. The van der Waals surface area contributed by atoms with E-state index in [4.69, 9.17) is 10.5 Å². The van der Waals surface area contributed by atoms with Crippen molar-refractivity contribution in [1.29, 1.82) is 0 Å². The van der Waals surface area contributed by atoms with E-state index in [2.05, 4.69) is 6.92 Å². The molecule has 1 saturated heterocycles. The molecule has 17 heavy (non-hydrogen) atoms. The number of ether oxygens (including phenoxy) is 1. The van der Waals surface area contributed by atoms with Crippen LogP contribution in [0.5, 0.6) is 5.75 Å². The second-order valence-corrected chi connectivity index (χ2v) is 4.62. The number of methoxy groups -OCH3 is 1. The molecule has 1 aromatic rings. The third kappa shape index (κ3) is 1.95. The van der Waals surface area contributed by atoms with Gasteiger partial charge in [0.1, 0.15) is 5.75 Å². The number of carbonyl (C=O) groups excluding carboxylic acids is 1. The summed E-state index contributed by atoms with van der Waals surface area (Å²) in [5, 5.41) is 0. The van der Waals surface area contributed by atoms with Crippen LogP contribution in [0.15, 0.2) is 18.2 Å². The van der Waals surface area contributed by atoms with Gasteiger partial charge in [0.05, 0.1) is 12.8 Å². The van der Waals surface area contributed by atoms with Gasteiger partial charge in [-0.1, -0.05) is 6.92 Å². The first-order valence-corrected chi connectivity index (χ1v) is 5.81. The molecule has 1 aliphatic heterocycles. The van der Waals surface area contributed by atoms with Crippen LogP contribution >= 0.6 is 0 Å². The Balaban J connectivity index is 2.34. The highest BCUT2D eigenvalue weighted by Gasteiger charge is 2.35. The first-order chi connectivity index (χ1) is 8.04. The molecule has 92 valence electrons. The Morgan fingerprint density at radius 3 is 2.59 bits per heavy atom. The zero-order chi connectivity index (χ0) is 12.6. The molecule has 2 rings (SSSR count). The van der Waals surface area contributed by atoms with Crippen LogP contribution in [0.2, 0.25) is 0 Å². The number of nitrogens with two attached hydrogens (primary N) is 1. The zero-order valence-corrected chi connectivity index (χ0v) is 10.4. The lowest BCUT2D eigenvalue weighted by molar-refractivity contribution is -0.119. The summed E-state index contributed by atoms with van der Waals surface area (Å²) in [6, 6.07) is 5.70. The van der Waals surface area contributed by atoms with Crippen LogP contribution in [-0.2, 0) is 4.79 Å². The molecule has 1 heterocycles. The molecule has 2 unspecified atom stereocenters. The van der Waals surface area contributed by atoms with Crippen LogP contribution in [-0.4, -0.2) is 19.1 Å². The van der Waals surface area contributed by atoms with E-state index in [1.54, 1.807) is 19.2 Å². The second-order valence-electron chi connectivity index (χ2n) is 4.62. The Kier molecular flexibility index (Phi) is 2.96. The summed E-state index contributed by atoms with van der Waals surface area (Å²) in [6.07, 6.45) is 0.894. The van der Waals surface area contributed by atoms with Gasteiger partial charge >= 0.3 is 0 Å². The third-order valence-corrected chi connectivity index (χ3v) is 3.29. The van der Waals surface area contributed by atoms with E-state index in [1.165, 1.54) is 0 Å². The van der Waals surface area contributed by atoms with Gasteiger partial charge < -0.3 is 15.4 Å². The highest BCUT2D eigenvalue weighted by molar-refractivity contribution is 5.98. The minimum Gasteiger partial charge on any atom is -0.495 e. The molecule has 0 aromatic heterocycles. The van der Waals surface area contributed by atoms with E-state index in [0.717, 1.165) is 12.1 Å². The average Bonchev–Trinajstić information content (AvgIpc) is 2.53. The monoisotopic (exact) mass is 234 g/mol. The molecule has 0 saturated carbocycles. The van der Waals surface area contributed by atoms with Crippen molar-refractivity contribution >= 4 is 17.3 Å². The number of rotatable bonds is 2. The molecule has 2 atom stereocenters. The Labute approximate surface area is 101 Å². The Hall–Kier alpha value is -1.71. The molecule has 4 nitrogen and oxygen atoms in total. The first kappa shape index (κ1) is 11.8. The number of amides is 1. The summed E-state index contributed by atoms with van der Waals surface area (Å²) in [5.41, 5.74) is 7.27. The van der Waals surface area contributed by atoms with E-state index < -0.39 is 0 Å². The van der Waals surface area contributed by atoms with E-state index >= 15 is 0 Å². The van der Waals surface area contributed by atoms with Gasteiger partial charge in [-0.05, 0) is 31.5 Å². The fourth-order valence-electron chi connectivity index (χ4n) is 2.43. The number of hydrogen-bond donors (Lipinski definition) is 1. The number of anilines is 2. The van der Waals surface area contributed by atoms with Crippen molar-refractivity contribution in [2.24, 2.45) is 5.92 Å². The van der Waals surface area contributed by atoms with Crippen molar-refractivity contribution in [2.75, 3.05) is 17.7 Å². The van der Waals surface area contributed by atoms with Gasteiger partial charge in [-0.2, -0.15) is 0 Å². The van der Waals surface area contributed by atoms with Gasteiger partial charge in [-0.3, -0.25) is 4.79 Å². The Bertz CT molecular complexity index is 445. The van der Waals surface area contributed by atoms with Gasteiger partial charge in [-0.25, -0.2) is 0 Å². The number of nitrogens with zero attached hydrogens (tertiary/aromatic N) is 1. The number of carbonyl (C=O) groups is 1. The molecule has 1 amide bonds. The maximum atomic E-state index is 12.0. The maximum Gasteiger partial charge on any atom is 0.230 e. The molecule has 0 bridgehead atoms. The summed E-state index contributed by atoms with van der Waals surface area (Å²) in [5.74, 6) is 0.900. The van der Waals surface area contributed by atoms with Crippen molar-refractivity contribution in [2.45, 2.75) is 26.3 Å². The summed E-state index contributed by atoms with van der Waals surface area (Å²) in [7, 11) is 1.58. The molecule has 1 fully saturated rings. The predicted octanol–water partition coefficient (Wildman–Crippen LogP) is 2.04. The molecule has 0 spiro atoms. The lowest BCUT2D eigenvalue weighted by atomic mass is 10.1. The van der Waals surface area contributed by atoms with Gasteiger partial charge in [0, 0.05) is 17.6 Å². The predicted molar refractivity (Wildman–Crippen MR) is 68.1 cm³/mol. The summed E-state index contributed by atoms with van der Waals surface area (Å²) < 4.78 is 5.11. The van der Waals surface area contributed by atoms with E-state index in [-0.39, 0.29) is 17.9 Å². The van der Waals surface area contributed by atoms with E-state index in [1.807, 2.05) is 17.9 Å². The maximum absolute atomic E-state index is 12.0. The topological polar surface area (TPSA) is 55.6 Å². The van der Waals surface area contributed by atoms with Crippen LogP contribution in [0.3, 0.4) is 0 Å². The summed E-state index contributed by atoms with van der Waals surface area (Å²) >= 11 is 0. The second kappa shape index (κ2) is 4.28. The molecule has 4 heteroatoms. The van der Waals surface area contributed by atoms with Crippen molar-refractivity contribution in [3.63, 3.8) is 0 Å². The first-order valence-electron chi connectivity index (χ1n) is 5.81. The van der Waals surface area contributed by atoms with Crippen LogP contribution in [0.25, 0.3) is 0 Å². The summed E-state index contributed by atoms with van der Waals surface area (Å²) in [4.78, 5) is 13.9. The number of nitrogen functional groups attached to an aromatic ring is 1. The molecule has 1 aromatic carbocycles. The van der Waals surface area contributed by atoms with Crippen LogP contribution < -0.4 is 15.4 Å². The normalized spacial score (nSPS) is 24.2. The standard InChI is InChI=1S/C13H18N2O2/c1-8-6-9(2)15(13(8)16)10-4-5-12(17-3)11(14)7-10/h4-5,7-9H,6,14H2,1-3H3. The zero-order valence-electron chi connectivity index (χ0n) is 10.4. The van der Waals surface area contributed by atoms with Crippen LogP contribution in [0, 0.1) is 5.92 Å². The van der Waals surface area contributed by atoms with Gasteiger partial charge in [0.25, 0.3) is 0 Å². The SMILES string of the molecule is COc1ccc(N2C(=O)C(C)CC2C)cc1N. The average molecular weight is 234 g/mol. The van der Waals surface area contributed by atoms with Gasteiger partial charge in [0.2, 0.25) is 5.91 Å². The highest BCUT2D eigenvalue weighted by atomic mass is 16.5. The number of benzene rings is 1. The van der Waals surface area contributed by atoms with Crippen molar-refractivity contribution in [3.8, 4) is 5.75 Å². The van der Waals surface area contributed by atoms with Crippen molar-refractivity contribution in [3.05, 3.63) is 18.2 Å². The quantitative estimate of drug-likeness (QED) is 0.797. The molecule has 0 aliphatic carbocycles. The Morgan fingerprint density at radius 2 is 2.12 bits per heavy atom. The lowest BCUT2D eigenvalue weighted by Gasteiger charge is -2.22. The smallest absolute Gasteiger partial charge is 0.230 e.